The van der Waals surface area contributed by atoms with Crippen LogP contribution in [0.2, 0.25) is 0 Å². The third-order valence-electron chi connectivity index (χ3n) is 3.14. The predicted octanol–water partition coefficient (Wildman–Crippen LogP) is 2.96. The van der Waals surface area contributed by atoms with E-state index in [0.717, 1.165) is 24.8 Å². The highest BCUT2D eigenvalue weighted by Crippen LogP contribution is 2.16. The zero-order valence-corrected chi connectivity index (χ0v) is 13.0. The van der Waals surface area contributed by atoms with Gasteiger partial charge in [0.25, 0.3) is 0 Å². The number of nitrogens with one attached hydrogen (secondary N) is 1. The van der Waals surface area contributed by atoms with E-state index >= 15 is 0 Å². The van der Waals surface area contributed by atoms with Crippen molar-refractivity contribution >= 4 is 11.8 Å². The Balaban J connectivity index is 2.45. The number of rotatable bonds is 9. The molecule has 0 bridgehead atoms. The lowest BCUT2D eigenvalue weighted by atomic mass is 10.1. The molecule has 0 aliphatic rings. The molecule has 0 amide bonds. The smallest absolute Gasteiger partial charge is 0.0522 e. The summed E-state index contributed by atoms with van der Waals surface area (Å²) in [6.07, 6.45) is 6.49. The van der Waals surface area contributed by atoms with Gasteiger partial charge in [0.2, 0.25) is 0 Å². The first-order valence-electron chi connectivity index (χ1n) is 7.05. The lowest BCUT2D eigenvalue weighted by molar-refractivity contribution is 0.571. The molecular formula is C14H27N3S. The molecule has 1 heterocycles. The summed E-state index contributed by atoms with van der Waals surface area (Å²) in [6, 6.07) is 0.559. The summed E-state index contributed by atoms with van der Waals surface area (Å²) < 4.78 is 2.00. The maximum absolute atomic E-state index is 4.34. The summed E-state index contributed by atoms with van der Waals surface area (Å²) in [5.41, 5.74) is 1.34. The average Bonchev–Trinajstić information content (AvgIpc) is 2.83. The van der Waals surface area contributed by atoms with Crippen LogP contribution in [0.3, 0.4) is 0 Å². The minimum Gasteiger partial charge on any atom is -0.313 e. The molecule has 1 aromatic rings. The first-order valence-corrected chi connectivity index (χ1v) is 8.10. The van der Waals surface area contributed by atoms with Gasteiger partial charge in [-0.2, -0.15) is 16.9 Å². The molecule has 0 aliphatic carbocycles. The van der Waals surface area contributed by atoms with Crippen LogP contribution in [0, 0.1) is 0 Å². The summed E-state index contributed by atoms with van der Waals surface area (Å²) in [4.78, 5) is 0. The van der Waals surface area contributed by atoms with Crippen molar-refractivity contribution in [2.24, 2.45) is 0 Å². The van der Waals surface area contributed by atoms with Crippen molar-refractivity contribution < 1.29 is 0 Å². The first-order chi connectivity index (χ1) is 8.69. The molecule has 18 heavy (non-hydrogen) atoms. The number of thioether (sulfide) groups is 1. The summed E-state index contributed by atoms with van der Waals surface area (Å²) in [5.74, 6) is 1.18. The maximum Gasteiger partial charge on any atom is 0.0522 e. The van der Waals surface area contributed by atoms with Crippen molar-refractivity contribution in [3.05, 3.63) is 18.0 Å². The third-order valence-corrected chi connectivity index (χ3v) is 4.64. The summed E-state index contributed by atoms with van der Waals surface area (Å²) >= 11 is 2.07. The van der Waals surface area contributed by atoms with E-state index in [0.29, 0.717) is 6.04 Å². The Hall–Kier alpha value is -0.480. The van der Waals surface area contributed by atoms with Gasteiger partial charge in [-0.15, -0.1) is 0 Å². The fraction of sp³-hybridized carbons (Fsp3) is 0.786. The van der Waals surface area contributed by atoms with Crippen molar-refractivity contribution in [1.82, 2.24) is 15.1 Å². The van der Waals surface area contributed by atoms with Crippen LogP contribution in [0.15, 0.2) is 12.4 Å². The minimum absolute atomic E-state index is 0.559. The van der Waals surface area contributed by atoms with Gasteiger partial charge in [-0.3, -0.25) is 4.68 Å². The molecule has 0 aliphatic heterocycles. The maximum atomic E-state index is 4.34. The van der Waals surface area contributed by atoms with Gasteiger partial charge in [-0.05, 0) is 31.9 Å². The topological polar surface area (TPSA) is 29.9 Å². The zero-order chi connectivity index (χ0) is 13.4. The number of hydrogen-bond donors (Lipinski definition) is 1. The van der Waals surface area contributed by atoms with Gasteiger partial charge in [0.15, 0.2) is 0 Å². The molecular weight excluding hydrogens is 242 g/mol. The summed E-state index contributed by atoms with van der Waals surface area (Å²) in [7, 11) is 0. The Labute approximate surface area is 116 Å². The molecule has 0 saturated carbocycles. The Bertz CT molecular complexity index is 325. The first kappa shape index (κ1) is 15.6. The monoisotopic (exact) mass is 269 g/mol. The lowest BCUT2D eigenvalue weighted by Gasteiger charge is -2.18. The molecule has 2 unspecified atom stereocenters. The van der Waals surface area contributed by atoms with E-state index in [1.54, 1.807) is 0 Å². The van der Waals surface area contributed by atoms with E-state index < -0.39 is 0 Å². The number of aryl methyl sites for hydroxylation is 1. The molecule has 3 nitrogen and oxygen atoms in total. The largest absolute Gasteiger partial charge is 0.313 e. The minimum atomic E-state index is 0.559. The van der Waals surface area contributed by atoms with Crippen LogP contribution in [-0.4, -0.2) is 33.4 Å². The quantitative estimate of drug-likeness (QED) is 0.747. The highest BCUT2D eigenvalue weighted by molar-refractivity contribution is 7.99. The second-order valence-corrected chi connectivity index (χ2v) is 6.19. The molecule has 0 radical (unpaired) electrons. The standard InChI is InChI=1S/C14H27N3S/c1-5-12(4)18-11-14(15-6-2)8-13-9-16-17(7-3)10-13/h9-10,12,14-15H,5-8,11H2,1-4H3. The molecule has 2 atom stereocenters. The Kier molecular flexibility index (Phi) is 7.44. The van der Waals surface area contributed by atoms with Gasteiger partial charge in [0, 0.05) is 29.8 Å². The van der Waals surface area contributed by atoms with Crippen LogP contribution >= 0.6 is 11.8 Å². The number of likely N-dealkylation sites (N-methyl/N-ethyl adjacent to an activating group) is 1. The third kappa shape index (κ3) is 5.44. The number of hydrogen-bond acceptors (Lipinski definition) is 3. The highest BCUT2D eigenvalue weighted by atomic mass is 32.2. The van der Waals surface area contributed by atoms with Crippen LogP contribution in [-0.2, 0) is 13.0 Å². The van der Waals surface area contributed by atoms with E-state index in [9.17, 15) is 0 Å². The highest BCUT2D eigenvalue weighted by Gasteiger charge is 2.11. The predicted molar refractivity (Wildman–Crippen MR) is 81.3 cm³/mol. The van der Waals surface area contributed by atoms with Gasteiger partial charge < -0.3 is 5.32 Å². The fourth-order valence-corrected chi connectivity index (χ4v) is 2.88. The van der Waals surface area contributed by atoms with Crippen molar-refractivity contribution in [1.29, 1.82) is 0 Å². The van der Waals surface area contributed by atoms with Crippen LogP contribution in [0.5, 0.6) is 0 Å². The van der Waals surface area contributed by atoms with E-state index in [1.807, 2.05) is 10.9 Å². The Morgan fingerprint density at radius 1 is 1.39 bits per heavy atom. The molecule has 1 N–H and O–H groups in total. The Morgan fingerprint density at radius 3 is 2.72 bits per heavy atom. The van der Waals surface area contributed by atoms with Crippen molar-refractivity contribution in [3.8, 4) is 0 Å². The van der Waals surface area contributed by atoms with Gasteiger partial charge in [-0.1, -0.05) is 20.8 Å². The normalized spacial score (nSPS) is 14.7. The SMILES string of the molecule is CCNC(CSC(C)CC)Cc1cnn(CC)c1. The van der Waals surface area contributed by atoms with Crippen LogP contribution in [0.1, 0.15) is 39.7 Å². The average molecular weight is 269 g/mol. The fourth-order valence-electron chi connectivity index (χ4n) is 1.85. The van der Waals surface area contributed by atoms with E-state index in [4.69, 9.17) is 0 Å². The second kappa shape index (κ2) is 8.59. The van der Waals surface area contributed by atoms with Gasteiger partial charge in [0.05, 0.1) is 6.20 Å². The van der Waals surface area contributed by atoms with E-state index in [-0.39, 0.29) is 0 Å². The Morgan fingerprint density at radius 2 is 2.17 bits per heavy atom. The van der Waals surface area contributed by atoms with Crippen molar-refractivity contribution in [2.75, 3.05) is 12.3 Å². The van der Waals surface area contributed by atoms with Crippen LogP contribution < -0.4 is 5.32 Å². The van der Waals surface area contributed by atoms with E-state index in [2.05, 4.69) is 56.1 Å². The lowest BCUT2D eigenvalue weighted by Crippen LogP contribution is -2.33. The van der Waals surface area contributed by atoms with Crippen LogP contribution in [0.4, 0.5) is 0 Å². The van der Waals surface area contributed by atoms with Gasteiger partial charge in [0.1, 0.15) is 0 Å². The number of nitrogens with zero attached hydrogens (tertiary/aromatic N) is 2. The zero-order valence-electron chi connectivity index (χ0n) is 12.1. The van der Waals surface area contributed by atoms with Crippen molar-refractivity contribution in [3.63, 3.8) is 0 Å². The molecule has 0 fully saturated rings. The molecule has 4 heteroatoms. The molecule has 1 rings (SSSR count). The van der Waals surface area contributed by atoms with Crippen LogP contribution in [0.25, 0.3) is 0 Å². The van der Waals surface area contributed by atoms with Gasteiger partial charge >= 0.3 is 0 Å². The summed E-state index contributed by atoms with van der Waals surface area (Å²) in [6.45, 7) is 10.9. The summed E-state index contributed by atoms with van der Waals surface area (Å²) in [5, 5.41) is 8.68. The van der Waals surface area contributed by atoms with Gasteiger partial charge in [-0.25, -0.2) is 0 Å². The molecule has 104 valence electrons. The molecule has 1 aromatic heterocycles. The van der Waals surface area contributed by atoms with Crippen molar-refractivity contribution in [2.45, 2.75) is 58.4 Å². The molecule has 0 saturated heterocycles. The second-order valence-electron chi connectivity index (χ2n) is 4.72. The number of aromatic nitrogens is 2. The molecule has 0 aromatic carbocycles. The van der Waals surface area contributed by atoms with E-state index in [1.165, 1.54) is 17.7 Å². The molecule has 0 spiro atoms.